The number of H-pyrrole nitrogens is 1. The number of fused-ring (bicyclic) bond motifs is 1. The van der Waals surface area contributed by atoms with Crippen molar-refractivity contribution >= 4 is 28.3 Å². The molecular formula is C11H9ClFNO. The van der Waals surface area contributed by atoms with Crippen LogP contribution in [0.15, 0.2) is 18.2 Å². The van der Waals surface area contributed by atoms with E-state index in [2.05, 4.69) is 4.98 Å². The number of ketones is 1. The van der Waals surface area contributed by atoms with Crippen LogP contribution in [0.2, 0.25) is 0 Å². The zero-order valence-corrected chi connectivity index (χ0v) is 8.86. The van der Waals surface area contributed by atoms with E-state index in [0.717, 1.165) is 11.2 Å². The van der Waals surface area contributed by atoms with E-state index in [4.69, 9.17) is 11.6 Å². The number of rotatable bonds is 2. The van der Waals surface area contributed by atoms with Crippen LogP contribution in [-0.4, -0.2) is 16.6 Å². The molecule has 0 unspecified atom stereocenters. The first-order valence-electron chi connectivity index (χ1n) is 4.50. The smallest absolute Gasteiger partial charge is 0.179 e. The lowest BCUT2D eigenvalue weighted by Crippen LogP contribution is -2.01. The molecule has 1 aromatic carbocycles. The Balaban J connectivity index is 2.76. The van der Waals surface area contributed by atoms with Gasteiger partial charge >= 0.3 is 0 Å². The summed E-state index contributed by atoms with van der Waals surface area (Å²) < 4.78 is 13.0. The minimum Gasteiger partial charge on any atom is -0.358 e. The normalized spacial score (nSPS) is 10.9. The van der Waals surface area contributed by atoms with Crippen LogP contribution in [0.5, 0.6) is 0 Å². The summed E-state index contributed by atoms with van der Waals surface area (Å²) in [6.07, 6.45) is 0. The molecule has 2 aromatic rings. The van der Waals surface area contributed by atoms with Gasteiger partial charge in [0.05, 0.1) is 5.88 Å². The van der Waals surface area contributed by atoms with Gasteiger partial charge in [0, 0.05) is 22.2 Å². The predicted octanol–water partition coefficient (Wildman–Crippen LogP) is 3.04. The van der Waals surface area contributed by atoms with Crippen molar-refractivity contribution in [1.29, 1.82) is 0 Å². The number of carbonyl (C=O) groups is 1. The van der Waals surface area contributed by atoms with Crippen molar-refractivity contribution < 1.29 is 9.18 Å². The number of aryl methyl sites for hydroxylation is 1. The van der Waals surface area contributed by atoms with Crippen molar-refractivity contribution in [2.45, 2.75) is 6.92 Å². The summed E-state index contributed by atoms with van der Waals surface area (Å²) in [5.74, 6) is -0.638. The molecule has 0 saturated heterocycles. The Morgan fingerprint density at radius 1 is 1.53 bits per heavy atom. The minimum absolute atomic E-state index is 0.0929. The van der Waals surface area contributed by atoms with E-state index >= 15 is 0 Å². The minimum atomic E-state index is -0.356. The van der Waals surface area contributed by atoms with E-state index in [1.807, 2.05) is 0 Å². The molecule has 2 nitrogen and oxygen atoms in total. The van der Waals surface area contributed by atoms with E-state index in [9.17, 15) is 9.18 Å². The molecule has 0 bridgehead atoms. The highest BCUT2D eigenvalue weighted by molar-refractivity contribution is 6.32. The quantitative estimate of drug-likeness (QED) is 0.619. The van der Waals surface area contributed by atoms with Gasteiger partial charge in [-0.1, -0.05) is 0 Å². The van der Waals surface area contributed by atoms with Crippen LogP contribution >= 0.6 is 11.6 Å². The molecule has 0 radical (unpaired) electrons. The first-order chi connectivity index (χ1) is 7.13. The summed E-state index contributed by atoms with van der Waals surface area (Å²) in [5.41, 5.74) is 1.96. The maximum absolute atomic E-state index is 13.0. The van der Waals surface area contributed by atoms with Crippen molar-refractivity contribution in [3.05, 3.63) is 35.3 Å². The van der Waals surface area contributed by atoms with Gasteiger partial charge < -0.3 is 4.98 Å². The summed E-state index contributed by atoms with van der Waals surface area (Å²) in [4.78, 5) is 14.6. The Labute approximate surface area is 91.0 Å². The van der Waals surface area contributed by atoms with Crippen molar-refractivity contribution in [3.63, 3.8) is 0 Å². The standard InChI is InChI=1S/C11H9ClFNO/c1-6-11(10(15)5-12)8-4-7(13)2-3-9(8)14-6/h2-4,14H,5H2,1H3. The average Bonchev–Trinajstić information content (AvgIpc) is 2.52. The third kappa shape index (κ3) is 1.63. The maximum Gasteiger partial charge on any atom is 0.179 e. The molecule has 1 aromatic heterocycles. The van der Waals surface area contributed by atoms with Crippen LogP contribution < -0.4 is 0 Å². The fraction of sp³-hybridized carbons (Fsp3) is 0.182. The van der Waals surface area contributed by atoms with Gasteiger partial charge in [0.25, 0.3) is 0 Å². The van der Waals surface area contributed by atoms with Crippen molar-refractivity contribution in [2.75, 3.05) is 5.88 Å². The lowest BCUT2D eigenvalue weighted by molar-refractivity contribution is 0.102. The number of hydrogen-bond acceptors (Lipinski definition) is 1. The summed E-state index contributed by atoms with van der Waals surface area (Å²) in [6.45, 7) is 1.78. The molecule has 2 rings (SSSR count). The molecule has 0 fully saturated rings. The Hall–Kier alpha value is -1.35. The van der Waals surface area contributed by atoms with Crippen LogP contribution in [0.3, 0.4) is 0 Å². The number of halogens is 2. The molecular weight excluding hydrogens is 217 g/mol. The highest BCUT2D eigenvalue weighted by Gasteiger charge is 2.15. The predicted molar refractivity (Wildman–Crippen MR) is 58.0 cm³/mol. The van der Waals surface area contributed by atoms with Crippen LogP contribution in [0, 0.1) is 12.7 Å². The van der Waals surface area contributed by atoms with Crippen LogP contribution in [-0.2, 0) is 0 Å². The van der Waals surface area contributed by atoms with Gasteiger partial charge in [-0.2, -0.15) is 0 Å². The fourth-order valence-corrected chi connectivity index (χ4v) is 1.86. The molecule has 1 N–H and O–H groups in total. The second-order valence-electron chi connectivity index (χ2n) is 3.37. The van der Waals surface area contributed by atoms with Gasteiger partial charge in [0.2, 0.25) is 0 Å². The highest BCUT2D eigenvalue weighted by Crippen LogP contribution is 2.23. The van der Waals surface area contributed by atoms with Gasteiger partial charge in [-0.25, -0.2) is 4.39 Å². The SMILES string of the molecule is Cc1[nH]c2ccc(F)cc2c1C(=O)CCl. The monoisotopic (exact) mass is 225 g/mol. The summed E-state index contributed by atoms with van der Waals surface area (Å²) in [6, 6.07) is 4.31. The lowest BCUT2D eigenvalue weighted by atomic mass is 10.1. The van der Waals surface area contributed by atoms with Gasteiger partial charge in [0.1, 0.15) is 5.82 Å². The number of Topliss-reactive ketones (excluding diaryl/α,β-unsaturated/α-hetero) is 1. The zero-order valence-electron chi connectivity index (χ0n) is 8.10. The number of aromatic amines is 1. The van der Waals surface area contributed by atoms with Crippen LogP contribution in [0.1, 0.15) is 16.1 Å². The van der Waals surface area contributed by atoms with Gasteiger partial charge in [0.15, 0.2) is 5.78 Å². The summed E-state index contributed by atoms with van der Waals surface area (Å²) in [7, 11) is 0. The van der Waals surface area contributed by atoms with Gasteiger partial charge in [-0.3, -0.25) is 4.79 Å². The number of nitrogens with one attached hydrogen (secondary N) is 1. The van der Waals surface area contributed by atoms with Crippen molar-refractivity contribution in [2.24, 2.45) is 0 Å². The number of carbonyl (C=O) groups excluding carboxylic acids is 1. The second kappa shape index (κ2) is 3.66. The van der Waals surface area contributed by atoms with Crippen molar-refractivity contribution in [3.8, 4) is 0 Å². The molecule has 4 heteroatoms. The highest BCUT2D eigenvalue weighted by atomic mass is 35.5. The largest absolute Gasteiger partial charge is 0.358 e. The third-order valence-electron chi connectivity index (χ3n) is 2.35. The Morgan fingerprint density at radius 2 is 2.27 bits per heavy atom. The molecule has 0 aliphatic carbocycles. The Kier molecular flexibility index (Phi) is 2.49. The number of benzene rings is 1. The number of hydrogen-bond donors (Lipinski definition) is 1. The molecule has 0 amide bonds. The summed E-state index contributed by atoms with van der Waals surface area (Å²) >= 11 is 5.50. The molecule has 0 atom stereocenters. The fourth-order valence-electron chi connectivity index (χ4n) is 1.72. The van der Waals surface area contributed by atoms with Crippen molar-refractivity contribution in [1.82, 2.24) is 4.98 Å². The molecule has 0 saturated carbocycles. The summed E-state index contributed by atoms with van der Waals surface area (Å²) in [5, 5.41) is 0.596. The average molecular weight is 226 g/mol. The molecule has 1 heterocycles. The first-order valence-corrected chi connectivity index (χ1v) is 5.04. The van der Waals surface area contributed by atoms with Gasteiger partial charge in [-0.15, -0.1) is 11.6 Å². The van der Waals surface area contributed by atoms with E-state index in [0.29, 0.717) is 10.9 Å². The van der Waals surface area contributed by atoms with Crippen LogP contribution in [0.25, 0.3) is 10.9 Å². The lowest BCUT2D eigenvalue weighted by Gasteiger charge is -1.96. The zero-order chi connectivity index (χ0) is 11.0. The van der Waals surface area contributed by atoms with Crippen LogP contribution in [0.4, 0.5) is 4.39 Å². The Bertz CT molecular complexity index is 533. The Morgan fingerprint density at radius 3 is 2.93 bits per heavy atom. The molecule has 0 aliphatic rings. The van der Waals surface area contributed by atoms with E-state index < -0.39 is 0 Å². The third-order valence-corrected chi connectivity index (χ3v) is 2.59. The number of aromatic nitrogens is 1. The molecule has 0 spiro atoms. The van der Waals surface area contributed by atoms with E-state index in [1.54, 1.807) is 13.0 Å². The topological polar surface area (TPSA) is 32.9 Å². The molecule has 15 heavy (non-hydrogen) atoms. The number of alkyl halides is 1. The van der Waals surface area contributed by atoms with E-state index in [-0.39, 0.29) is 17.5 Å². The van der Waals surface area contributed by atoms with Gasteiger partial charge in [-0.05, 0) is 25.1 Å². The second-order valence-corrected chi connectivity index (χ2v) is 3.64. The van der Waals surface area contributed by atoms with E-state index in [1.165, 1.54) is 12.1 Å². The molecule has 0 aliphatic heterocycles. The maximum atomic E-state index is 13.0. The first kappa shape index (κ1) is 10.2. The molecule has 78 valence electrons.